The van der Waals surface area contributed by atoms with E-state index in [0.29, 0.717) is 16.9 Å². The summed E-state index contributed by atoms with van der Waals surface area (Å²) in [6.45, 7) is 0. The summed E-state index contributed by atoms with van der Waals surface area (Å²) in [4.78, 5) is 39.5. The number of rotatable bonds is 6. The molecule has 0 radical (unpaired) electrons. The number of benzene rings is 4. The van der Waals surface area contributed by atoms with Gasteiger partial charge in [-0.3, -0.25) is 14.4 Å². The van der Waals surface area contributed by atoms with Crippen molar-refractivity contribution in [3.63, 3.8) is 0 Å². The number of hydrogen-bond donors (Lipinski definition) is 0. The summed E-state index contributed by atoms with van der Waals surface area (Å²) in [5.41, 5.74) is 2.15. The minimum atomic E-state index is -0.758. The normalized spacial score (nSPS) is 10.0. The number of ether oxygens (including phenoxy) is 1. The van der Waals surface area contributed by atoms with Gasteiger partial charge in [-0.15, -0.1) is 0 Å². The van der Waals surface area contributed by atoms with Crippen LogP contribution in [0.15, 0.2) is 103 Å². The quantitative estimate of drug-likeness (QED) is 0.227. The van der Waals surface area contributed by atoms with Crippen molar-refractivity contribution in [1.29, 1.82) is 0 Å². The average Bonchev–Trinajstić information content (AvgIpc) is 2.91. The van der Waals surface area contributed by atoms with E-state index in [1.54, 1.807) is 66.7 Å². The fourth-order valence-corrected chi connectivity index (χ4v) is 3.41. The van der Waals surface area contributed by atoms with Crippen LogP contribution in [0.25, 0.3) is 0 Å². The van der Waals surface area contributed by atoms with Crippen LogP contribution in [-0.4, -0.2) is 24.5 Å². The number of Topliss-reactive ketones (excluding diaryl/α,β-unsaturated/α-hetero) is 2. The summed E-state index contributed by atoms with van der Waals surface area (Å²) < 4.78 is 5.15. The Morgan fingerprint density at radius 1 is 0.588 bits per heavy atom. The zero-order valence-electron chi connectivity index (χ0n) is 18.4. The second-order valence-corrected chi connectivity index (χ2v) is 7.46. The molecule has 0 bridgehead atoms. The van der Waals surface area contributed by atoms with Crippen LogP contribution in [0.3, 0.4) is 0 Å². The molecule has 0 saturated carbocycles. The van der Waals surface area contributed by atoms with Gasteiger partial charge in [0.2, 0.25) is 11.6 Å². The van der Waals surface area contributed by atoms with Gasteiger partial charge in [-0.2, -0.15) is 0 Å². The second kappa shape index (κ2) is 10.2. The van der Waals surface area contributed by atoms with Crippen LogP contribution < -0.4 is 4.74 Å². The molecule has 0 aliphatic rings. The van der Waals surface area contributed by atoms with E-state index in [1.165, 1.54) is 13.2 Å². The van der Waals surface area contributed by atoms with Gasteiger partial charge in [0.25, 0.3) is 0 Å². The second-order valence-electron chi connectivity index (χ2n) is 7.46. The van der Waals surface area contributed by atoms with Crippen molar-refractivity contribution in [3.8, 4) is 17.6 Å². The molecule has 4 aromatic carbocycles. The van der Waals surface area contributed by atoms with Gasteiger partial charge in [0.15, 0.2) is 5.78 Å². The first-order valence-electron chi connectivity index (χ1n) is 10.6. The Morgan fingerprint density at radius 3 is 1.85 bits per heavy atom. The Balaban J connectivity index is 1.77. The monoisotopic (exact) mass is 444 g/mol. The van der Waals surface area contributed by atoms with Crippen molar-refractivity contribution in [2.24, 2.45) is 0 Å². The highest BCUT2D eigenvalue weighted by molar-refractivity contribution is 6.50. The van der Waals surface area contributed by atoms with Crippen LogP contribution >= 0.6 is 0 Å². The first-order valence-corrected chi connectivity index (χ1v) is 10.6. The van der Waals surface area contributed by atoms with E-state index in [1.807, 2.05) is 30.3 Å². The third-order valence-electron chi connectivity index (χ3n) is 5.23. The molecule has 0 saturated heterocycles. The van der Waals surface area contributed by atoms with Gasteiger partial charge < -0.3 is 4.74 Å². The van der Waals surface area contributed by atoms with Crippen LogP contribution in [0.4, 0.5) is 0 Å². The topological polar surface area (TPSA) is 60.4 Å². The van der Waals surface area contributed by atoms with Crippen molar-refractivity contribution in [1.82, 2.24) is 0 Å². The molecule has 0 aliphatic heterocycles. The van der Waals surface area contributed by atoms with E-state index in [0.717, 1.165) is 5.56 Å². The minimum Gasteiger partial charge on any atom is -0.497 e. The third kappa shape index (κ3) is 5.01. The molecule has 4 rings (SSSR count). The van der Waals surface area contributed by atoms with Crippen LogP contribution in [0.1, 0.15) is 47.8 Å². The Bertz CT molecular complexity index is 1410. The third-order valence-corrected chi connectivity index (χ3v) is 5.23. The highest BCUT2D eigenvalue weighted by Crippen LogP contribution is 2.21. The van der Waals surface area contributed by atoms with E-state index in [9.17, 15) is 14.4 Å². The Morgan fingerprint density at radius 2 is 1.21 bits per heavy atom. The number of methoxy groups -OCH3 is 1. The SMILES string of the molecule is COc1ccc(C(=O)c2ccc(C#Cc3ccccc3)cc2C(=O)C(=O)c2ccccc2)cc1. The van der Waals surface area contributed by atoms with Gasteiger partial charge in [0.1, 0.15) is 5.75 Å². The molecule has 34 heavy (non-hydrogen) atoms. The van der Waals surface area contributed by atoms with Crippen molar-refractivity contribution < 1.29 is 19.1 Å². The molecular formula is C30H20O4. The van der Waals surface area contributed by atoms with Gasteiger partial charge >= 0.3 is 0 Å². The molecule has 0 aliphatic carbocycles. The molecule has 0 atom stereocenters. The Labute approximate surface area is 197 Å². The van der Waals surface area contributed by atoms with Gasteiger partial charge in [-0.25, -0.2) is 0 Å². The molecule has 4 aromatic rings. The molecule has 0 fully saturated rings. The van der Waals surface area contributed by atoms with Gasteiger partial charge in [0.05, 0.1) is 7.11 Å². The number of ketones is 3. The smallest absolute Gasteiger partial charge is 0.234 e. The van der Waals surface area contributed by atoms with Crippen molar-refractivity contribution in [2.45, 2.75) is 0 Å². The summed E-state index contributed by atoms with van der Waals surface area (Å²) in [6.07, 6.45) is 0. The number of carbonyl (C=O) groups excluding carboxylic acids is 3. The van der Waals surface area contributed by atoms with Crippen LogP contribution in [0.2, 0.25) is 0 Å². The first-order chi connectivity index (χ1) is 16.6. The van der Waals surface area contributed by atoms with E-state index >= 15 is 0 Å². The lowest BCUT2D eigenvalue weighted by molar-refractivity contribution is 0.0815. The first kappa shape index (κ1) is 22.4. The maximum Gasteiger partial charge on any atom is 0.234 e. The molecule has 0 unspecified atom stereocenters. The van der Waals surface area contributed by atoms with E-state index in [-0.39, 0.29) is 22.5 Å². The molecular weight excluding hydrogens is 424 g/mol. The number of carbonyl (C=O) groups is 3. The fourth-order valence-electron chi connectivity index (χ4n) is 3.41. The van der Waals surface area contributed by atoms with Crippen LogP contribution in [0, 0.1) is 11.8 Å². The summed E-state index contributed by atoms with van der Waals surface area (Å²) in [7, 11) is 1.54. The lowest BCUT2D eigenvalue weighted by Crippen LogP contribution is -2.19. The maximum atomic E-state index is 13.3. The highest BCUT2D eigenvalue weighted by atomic mass is 16.5. The van der Waals surface area contributed by atoms with Crippen LogP contribution in [0.5, 0.6) is 5.75 Å². The van der Waals surface area contributed by atoms with Gasteiger partial charge in [-0.1, -0.05) is 60.4 Å². The van der Waals surface area contributed by atoms with Crippen molar-refractivity contribution in [3.05, 3.63) is 137 Å². The summed E-state index contributed by atoms with van der Waals surface area (Å²) in [5, 5.41) is 0. The summed E-state index contributed by atoms with van der Waals surface area (Å²) in [6, 6.07) is 29.0. The average molecular weight is 444 g/mol. The Hall–Kier alpha value is -4.75. The fraction of sp³-hybridized carbons (Fsp3) is 0.0333. The van der Waals surface area contributed by atoms with Crippen molar-refractivity contribution in [2.75, 3.05) is 7.11 Å². The zero-order valence-corrected chi connectivity index (χ0v) is 18.4. The van der Waals surface area contributed by atoms with Crippen LogP contribution in [-0.2, 0) is 0 Å². The van der Waals surface area contributed by atoms with Gasteiger partial charge in [0, 0.05) is 33.4 Å². The molecule has 164 valence electrons. The molecule has 0 N–H and O–H groups in total. The molecule has 0 aromatic heterocycles. The molecule has 4 nitrogen and oxygen atoms in total. The molecule has 0 heterocycles. The van der Waals surface area contributed by atoms with E-state index < -0.39 is 11.6 Å². The lowest BCUT2D eigenvalue weighted by Gasteiger charge is -2.09. The summed E-state index contributed by atoms with van der Waals surface area (Å²) in [5.74, 6) is 4.85. The Kier molecular flexibility index (Phi) is 6.76. The number of hydrogen-bond acceptors (Lipinski definition) is 4. The predicted octanol–water partition coefficient (Wildman–Crippen LogP) is 5.39. The predicted molar refractivity (Wildman–Crippen MR) is 130 cm³/mol. The van der Waals surface area contributed by atoms with Gasteiger partial charge in [-0.05, 0) is 54.6 Å². The zero-order chi connectivity index (χ0) is 23.9. The lowest BCUT2D eigenvalue weighted by atomic mass is 9.91. The van der Waals surface area contributed by atoms with E-state index in [4.69, 9.17) is 4.74 Å². The maximum absolute atomic E-state index is 13.3. The van der Waals surface area contributed by atoms with Crippen molar-refractivity contribution >= 4 is 17.3 Å². The van der Waals surface area contributed by atoms with E-state index in [2.05, 4.69) is 11.8 Å². The molecule has 4 heteroatoms. The minimum absolute atomic E-state index is 0.0227. The largest absolute Gasteiger partial charge is 0.497 e. The standard InChI is InChI=1S/C30H20O4/c1-34-25-17-15-24(16-18-25)28(31)26-19-14-22(13-12-21-8-4-2-5-9-21)20-27(26)30(33)29(32)23-10-6-3-7-11-23/h2-11,14-20H,1H3. The highest BCUT2D eigenvalue weighted by Gasteiger charge is 2.25. The molecule has 0 spiro atoms. The summed E-state index contributed by atoms with van der Waals surface area (Å²) >= 11 is 0. The molecule has 0 amide bonds.